The van der Waals surface area contributed by atoms with Crippen molar-refractivity contribution in [2.45, 2.75) is 43.0 Å². The number of carboxylic acid groups (broad SMARTS) is 2. The number of hydrogen-bond donors (Lipinski definition) is 5. The van der Waals surface area contributed by atoms with Crippen molar-refractivity contribution in [1.82, 2.24) is 19.5 Å². The van der Waals surface area contributed by atoms with E-state index in [-0.39, 0.29) is 23.5 Å². The van der Waals surface area contributed by atoms with Crippen LogP contribution in [0, 0.1) is 0 Å². The average molecular weight is 381 g/mol. The molecule has 2 aliphatic heterocycles. The summed E-state index contributed by atoms with van der Waals surface area (Å²) in [5.74, 6) is -2.94. The lowest BCUT2D eigenvalue weighted by Gasteiger charge is -2.26. The smallest absolute Gasteiger partial charge is 0.336 e. The third-order valence-electron chi connectivity index (χ3n) is 4.75. The Morgan fingerprint density at radius 2 is 2.19 bits per heavy atom. The minimum absolute atomic E-state index is 0.0104. The summed E-state index contributed by atoms with van der Waals surface area (Å²) in [5.41, 5.74) is 3.06. The Bertz CT molecular complexity index is 1000. The molecule has 0 spiro atoms. The second-order valence-electron chi connectivity index (χ2n) is 6.49. The zero-order chi connectivity index (χ0) is 19.5. The van der Waals surface area contributed by atoms with Crippen LogP contribution in [0.4, 0.5) is 5.95 Å². The molecule has 2 fully saturated rings. The molecule has 2 aromatic rings. The highest BCUT2D eigenvalue weighted by Gasteiger charge is 2.60. The molecule has 13 nitrogen and oxygen atoms in total. The molecule has 144 valence electrons. The van der Waals surface area contributed by atoms with Gasteiger partial charge in [-0.3, -0.25) is 19.1 Å². The van der Waals surface area contributed by atoms with Crippen molar-refractivity contribution >= 4 is 29.1 Å². The maximum atomic E-state index is 11.9. The lowest BCUT2D eigenvalue weighted by molar-refractivity contribution is -0.176. The molecule has 6 N–H and O–H groups in total. The fourth-order valence-corrected chi connectivity index (χ4v) is 3.59. The molecule has 0 bridgehead atoms. The van der Waals surface area contributed by atoms with Gasteiger partial charge < -0.3 is 30.5 Å². The van der Waals surface area contributed by atoms with Gasteiger partial charge in [0.05, 0.1) is 18.9 Å². The van der Waals surface area contributed by atoms with Crippen LogP contribution in [0.2, 0.25) is 0 Å². The molecule has 2 saturated heterocycles. The molecule has 0 aromatic carbocycles. The summed E-state index contributed by atoms with van der Waals surface area (Å²) < 4.78 is 12.5. The number of rotatable bonds is 4. The van der Waals surface area contributed by atoms with Crippen molar-refractivity contribution in [2.24, 2.45) is 0 Å². The third kappa shape index (κ3) is 2.55. The second-order valence-corrected chi connectivity index (χ2v) is 6.49. The number of hydrogen-bond acceptors (Lipinski definition) is 9. The van der Waals surface area contributed by atoms with Crippen molar-refractivity contribution in [2.75, 3.05) is 5.73 Å². The molecule has 0 amide bonds. The van der Waals surface area contributed by atoms with Gasteiger partial charge in [-0.25, -0.2) is 9.78 Å². The van der Waals surface area contributed by atoms with Crippen molar-refractivity contribution in [3.05, 3.63) is 16.7 Å². The number of nitrogens with zero attached hydrogens (tertiary/aromatic N) is 3. The summed E-state index contributed by atoms with van der Waals surface area (Å²) >= 11 is 0. The van der Waals surface area contributed by atoms with Gasteiger partial charge in [-0.05, 0) is 0 Å². The Hall–Kier alpha value is -3.03. The van der Waals surface area contributed by atoms with Crippen LogP contribution < -0.4 is 11.3 Å². The third-order valence-corrected chi connectivity index (χ3v) is 4.75. The van der Waals surface area contributed by atoms with Crippen LogP contribution in [0.5, 0.6) is 0 Å². The summed E-state index contributed by atoms with van der Waals surface area (Å²) in [6, 6.07) is 0. The molecule has 0 saturated carbocycles. The standard InChI is InChI=1S/C14H15N5O8/c15-13-17-9-6(10(23)18-13)16-3-19(9)11-7(22)8-4(26-11)1-14(27-8,12(24)25)2-5(20)21/h3-4,7-8,11,22H,1-2H2,(H,20,21)(H,24,25)(H3,15,17,18,23)/t4-,7+,8+,11+,14+/m0/s1. The predicted molar refractivity (Wildman–Crippen MR) is 84.6 cm³/mol. The normalized spacial score (nSPS) is 32.6. The Balaban J connectivity index is 1.66. The van der Waals surface area contributed by atoms with Gasteiger partial charge in [0, 0.05) is 6.42 Å². The van der Waals surface area contributed by atoms with Crippen LogP contribution in [-0.2, 0) is 19.1 Å². The van der Waals surface area contributed by atoms with Gasteiger partial charge in [0.15, 0.2) is 23.0 Å². The first-order valence-electron chi connectivity index (χ1n) is 7.91. The highest BCUT2D eigenvalue weighted by atomic mass is 16.6. The molecule has 0 unspecified atom stereocenters. The lowest BCUT2D eigenvalue weighted by Crippen LogP contribution is -2.43. The summed E-state index contributed by atoms with van der Waals surface area (Å²) in [6.07, 6.45) is -4.12. The number of nitrogens with two attached hydrogens (primary N) is 1. The molecular weight excluding hydrogens is 366 g/mol. The van der Waals surface area contributed by atoms with Crippen LogP contribution in [0.15, 0.2) is 11.1 Å². The van der Waals surface area contributed by atoms with Gasteiger partial charge >= 0.3 is 11.9 Å². The summed E-state index contributed by atoms with van der Waals surface area (Å²) in [7, 11) is 0. The first-order chi connectivity index (χ1) is 12.7. The number of aromatic nitrogens is 4. The number of H-pyrrole nitrogens is 1. The largest absolute Gasteiger partial charge is 0.481 e. The number of carbonyl (C=O) groups is 2. The van der Waals surface area contributed by atoms with E-state index in [4.69, 9.17) is 20.3 Å². The number of aliphatic carboxylic acids is 2. The quantitative estimate of drug-likeness (QED) is 0.393. The van der Waals surface area contributed by atoms with E-state index in [0.29, 0.717) is 0 Å². The van der Waals surface area contributed by atoms with E-state index in [9.17, 15) is 24.6 Å². The van der Waals surface area contributed by atoms with Crippen LogP contribution in [0.25, 0.3) is 11.2 Å². The number of anilines is 1. The van der Waals surface area contributed by atoms with E-state index >= 15 is 0 Å². The number of fused-ring (bicyclic) bond motifs is 2. The molecule has 2 aliphatic rings. The zero-order valence-electron chi connectivity index (χ0n) is 13.6. The fraction of sp³-hybridized carbons (Fsp3) is 0.500. The maximum absolute atomic E-state index is 11.9. The molecule has 5 atom stereocenters. The lowest BCUT2D eigenvalue weighted by atomic mass is 9.94. The second kappa shape index (κ2) is 5.73. The van der Waals surface area contributed by atoms with Crippen molar-refractivity contribution < 1.29 is 34.4 Å². The molecule has 0 radical (unpaired) electrons. The number of carboxylic acids is 2. The van der Waals surface area contributed by atoms with Crippen molar-refractivity contribution in [3.63, 3.8) is 0 Å². The minimum atomic E-state index is -1.98. The van der Waals surface area contributed by atoms with Crippen LogP contribution >= 0.6 is 0 Å². The topological polar surface area (TPSA) is 203 Å². The number of nitrogens with one attached hydrogen (secondary N) is 1. The fourth-order valence-electron chi connectivity index (χ4n) is 3.59. The molecular formula is C14H15N5O8. The molecule has 4 rings (SSSR count). The first kappa shape index (κ1) is 17.4. The number of aliphatic hydroxyl groups excluding tert-OH is 1. The summed E-state index contributed by atoms with van der Waals surface area (Å²) in [4.78, 5) is 44.6. The van der Waals surface area contributed by atoms with Gasteiger partial charge in [-0.2, -0.15) is 4.98 Å². The SMILES string of the molecule is Nc1nc2c(ncn2[C@@H]2O[C@H]3C[C@@](CC(=O)O)(C(=O)O)O[C@H]3[C@H]2O)c(=O)[nH]1. The highest BCUT2D eigenvalue weighted by Crippen LogP contribution is 2.45. The van der Waals surface area contributed by atoms with Crippen LogP contribution in [0.1, 0.15) is 19.1 Å². The van der Waals surface area contributed by atoms with Gasteiger partial charge in [0.25, 0.3) is 5.56 Å². The summed E-state index contributed by atoms with van der Waals surface area (Å²) in [5, 5.41) is 29.0. The van der Waals surface area contributed by atoms with Gasteiger partial charge in [-0.1, -0.05) is 0 Å². The molecule has 13 heteroatoms. The molecule has 0 aliphatic carbocycles. The molecule has 27 heavy (non-hydrogen) atoms. The average Bonchev–Trinajstić information content (AvgIpc) is 3.20. The minimum Gasteiger partial charge on any atom is -0.481 e. The van der Waals surface area contributed by atoms with Gasteiger partial charge in [0.2, 0.25) is 5.95 Å². The highest BCUT2D eigenvalue weighted by molar-refractivity contribution is 5.84. The molecule has 4 heterocycles. The van der Waals surface area contributed by atoms with Gasteiger partial charge in [0.1, 0.15) is 12.2 Å². The van der Waals surface area contributed by atoms with E-state index in [2.05, 4.69) is 15.0 Å². The van der Waals surface area contributed by atoms with Crippen molar-refractivity contribution in [1.29, 1.82) is 0 Å². The predicted octanol–water partition coefficient (Wildman–Crippen LogP) is -1.95. The van der Waals surface area contributed by atoms with E-state index in [1.807, 2.05) is 0 Å². The number of aliphatic hydroxyl groups is 1. The Kier molecular flexibility index (Phi) is 3.69. The number of nitrogen functional groups attached to an aromatic ring is 1. The van der Waals surface area contributed by atoms with E-state index in [1.165, 1.54) is 10.9 Å². The Morgan fingerprint density at radius 1 is 1.44 bits per heavy atom. The number of aromatic amines is 1. The monoisotopic (exact) mass is 381 g/mol. The van der Waals surface area contributed by atoms with E-state index in [1.54, 1.807) is 0 Å². The maximum Gasteiger partial charge on any atom is 0.336 e. The Labute approximate surface area is 149 Å². The summed E-state index contributed by atoms with van der Waals surface area (Å²) in [6.45, 7) is 0. The van der Waals surface area contributed by atoms with E-state index in [0.717, 1.165) is 0 Å². The number of ether oxygens (including phenoxy) is 2. The zero-order valence-corrected chi connectivity index (χ0v) is 13.6. The Morgan fingerprint density at radius 3 is 2.81 bits per heavy atom. The van der Waals surface area contributed by atoms with Crippen LogP contribution in [0.3, 0.4) is 0 Å². The van der Waals surface area contributed by atoms with Crippen molar-refractivity contribution in [3.8, 4) is 0 Å². The van der Waals surface area contributed by atoms with E-state index < -0.39 is 54.1 Å². The molecule has 2 aromatic heterocycles. The van der Waals surface area contributed by atoms with Gasteiger partial charge in [-0.15, -0.1) is 0 Å². The van der Waals surface area contributed by atoms with Crippen LogP contribution in [-0.4, -0.2) is 70.7 Å². The number of imidazole rings is 1. The first-order valence-corrected chi connectivity index (χ1v) is 7.91.